The molecule has 0 aliphatic heterocycles. The summed E-state index contributed by atoms with van der Waals surface area (Å²) < 4.78 is 37.7. The molecular formula is C13H8F3NO3. The van der Waals surface area contributed by atoms with Gasteiger partial charge >= 0.3 is 12.1 Å². The molecule has 1 aromatic carbocycles. The zero-order valence-electron chi connectivity index (χ0n) is 9.94. The highest BCUT2D eigenvalue weighted by Gasteiger charge is 2.30. The number of Topliss-reactive ketones (excluding diaryl/α,β-unsaturated/α-hetero) is 1. The molecular weight excluding hydrogens is 275 g/mol. The molecule has 0 fully saturated rings. The van der Waals surface area contributed by atoms with E-state index in [0.717, 1.165) is 12.1 Å². The second-order valence-corrected chi connectivity index (χ2v) is 4.15. The fraction of sp³-hybridized carbons (Fsp3) is 0.154. The normalized spacial score (nSPS) is 11.6. The molecule has 1 aromatic heterocycles. The smallest absolute Gasteiger partial charge is 0.416 e. The van der Waals surface area contributed by atoms with Gasteiger partial charge in [-0.15, -0.1) is 0 Å². The lowest BCUT2D eigenvalue weighted by Crippen LogP contribution is -2.15. The van der Waals surface area contributed by atoms with E-state index in [0.29, 0.717) is 5.52 Å². The molecule has 0 radical (unpaired) electrons. The van der Waals surface area contributed by atoms with Gasteiger partial charge in [-0.2, -0.15) is 13.2 Å². The molecule has 0 saturated carbocycles. The Balaban J connectivity index is 2.41. The van der Waals surface area contributed by atoms with Crippen molar-refractivity contribution in [1.29, 1.82) is 0 Å². The standard InChI is InChI=1S/C13H8F3NO3/c14-13(15,16)9-1-2-10-8(5-9)3-7(6-17-10)4-11(18)12(19)20/h1-3,5-6H,4H2,(H,19,20). The van der Waals surface area contributed by atoms with E-state index in [-0.39, 0.29) is 10.9 Å². The van der Waals surface area contributed by atoms with Crippen molar-refractivity contribution in [1.82, 2.24) is 4.98 Å². The lowest BCUT2D eigenvalue weighted by Gasteiger charge is -2.08. The molecule has 2 rings (SSSR count). The Bertz CT molecular complexity index is 695. The third-order valence-corrected chi connectivity index (χ3v) is 2.67. The third-order valence-electron chi connectivity index (χ3n) is 2.67. The average Bonchev–Trinajstić information content (AvgIpc) is 2.36. The molecule has 0 amide bonds. The van der Waals surface area contributed by atoms with Crippen LogP contribution in [0.2, 0.25) is 0 Å². The molecule has 0 spiro atoms. The van der Waals surface area contributed by atoms with Crippen LogP contribution in [-0.2, 0) is 22.2 Å². The number of fused-ring (bicyclic) bond motifs is 1. The number of aliphatic carboxylic acids is 1. The van der Waals surface area contributed by atoms with Gasteiger partial charge in [0.2, 0.25) is 5.78 Å². The molecule has 0 aliphatic carbocycles. The van der Waals surface area contributed by atoms with Crippen molar-refractivity contribution in [3.05, 3.63) is 41.6 Å². The first kappa shape index (κ1) is 14.0. The molecule has 1 N–H and O–H groups in total. The summed E-state index contributed by atoms with van der Waals surface area (Å²) in [7, 11) is 0. The van der Waals surface area contributed by atoms with Crippen LogP contribution in [0.25, 0.3) is 10.9 Å². The van der Waals surface area contributed by atoms with Crippen LogP contribution < -0.4 is 0 Å². The molecule has 0 aliphatic rings. The molecule has 0 unspecified atom stereocenters. The summed E-state index contributed by atoms with van der Waals surface area (Å²) in [6.07, 6.45) is -3.61. The van der Waals surface area contributed by atoms with Crippen molar-refractivity contribution >= 4 is 22.7 Å². The summed E-state index contributed by atoms with van der Waals surface area (Å²) in [5.41, 5.74) is -0.234. The number of hydrogen-bond donors (Lipinski definition) is 1. The highest BCUT2D eigenvalue weighted by atomic mass is 19.4. The number of alkyl halides is 3. The number of nitrogens with zero attached hydrogens (tertiary/aromatic N) is 1. The Kier molecular flexibility index (Phi) is 3.44. The monoisotopic (exact) mass is 283 g/mol. The topological polar surface area (TPSA) is 67.3 Å². The summed E-state index contributed by atoms with van der Waals surface area (Å²) >= 11 is 0. The van der Waals surface area contributed by atoms with Gasteiger partial charge in [-0.1, -0.05) is 0 Å². The predicted molar refractivity (Wildman–Crippen MR) is 63.1 cm³/mol. The van der Waals surface area contributed by atoms with Gasteiger partial charge in [0.05, 0.1) is 11.1 Å². The molecule has 7 heteroatoms. The number of pyridine rings is 1. The van der Waals surface area contributed by atoms with Crippen LogP contribution in [0.3, 0.4) is 0 Å². The Labute approximate surface area is 110 Å². The maximum atomic E-state index is 12.6. The Morgan fingerprint density at radius 3 is 2.50 bits per heavy atom. The van der Waals surface area contributed by atoms with Gasteiger partial charge in [0.1, 0.15) is 0 Å². The second-order valence-electron chi connectivity index (χ2n) is 4.15. The van der Waals surface area contributed by atoms with Gasteiger partial charge in [0, 0.05) is 18.0 Å². The van der Waals surface area contributed by atoms with E-state index in [1.165, 1.54) is 18.3 Å². The van der Waals surface area contributed by atoms with Gasteiger partial charge < -0.3 is 5.11 Å². The SMILES string of the molecule is O=C(O)C(=O)Cc1cnc2ccc(C(F)(F)F)cc2c1. The number of carboxylic acids is 1. The van der Waals surface area contributed by atoms with Crippen LogP contribution in [0.4, 0.5) is 13.2 Å². The molecule has 4 nitrogen and oxygen atoms in total. The van der Waals surface area contributed by atoms with Gasteiger partial charge in [0.25, 0.3) is 0 Å². The summed E-state index contributed by atoms with van der Waals surface area (Å²) in [5.74, 6) is -2.63. The minimum absolute atomic E-state index is 0.204. The number of hydrogen-bond acceptors (Lipinski definition) is 3. The molecule has 0 atom stereocenters. The van der Waals surface area contributed by atoms with Gasteiger partial charge in [-0.05, 0) is 29.8 Å². The average molecular weight is 283 g/mol. The summed E-state index contributed by atoms with van der Waals surface area (Å²) in [6, 6.07) is 4.38. The fourth-order valence-corrected chi connectivity index (χ4v) is 1.71. The van der Waals surface area contributed by atoms with E-state index >= 15 is 0 Å². The predicted octanol–water partition coefficient (Wildman–Crippen LogP) is 2.45. The molecule has 0 saturated heterocycles. The lowest BCUT2D eigenvalue weighted by molar-refractivity contribution is -0.148. The van der Waals surface area contributed by atoms with Crippen LogP contribution in [0.5, 0.6) is 0 Å². The first-order valence-corrected chi connectivity index (χ1v) is 5.49. The minimum atomic E-state index is -4.47. The molecule has 2 aromatic rings. The highest BCUT2D eigenvalue weighted by Crippen LogP contribution is 2.31. The number of carbonyl (C=O) groups is 2. The van der Waals surface area contributed by atoms with E-state index in [1.54, 1.807) is 0 Å². The number of aromatic nitrogens is 1. The molecule has 0 bridgehead atoms. The number of ketones is 1. The summed E-state index contributed by atoms with van der Waals surface area (Å²) in [4.78, 5) is 25.4. The van der Waals surface area contributed by atoms with Crippen LogP contribution in [0.15, 0.2) is 30.5 Å². The van der Waals surface area contributed by atoms with E-state index in [9.17, 15) is 22.8 Å². The molecule has 104 valence electrons. The number of carbonyl (C=O) groups excluding carboxylic acids is 1. The number of carboxylic acid groups (broad SMARTS) is 1. The van der Waals surface area contributed by atoms with E-state index in [4.69, 9.17) is 5.11 Å². The highest BCUT2D eigenvalue weighted by molar-refractivity contribution is 6.33. The van der Waals surface area contributed by atoms with Crippen LogP contribution in [0, 0.1) is 0 Å². The van der Waals surface area contributed by atoms with Crippen molar-refractivity contribution in [3.8, 4) is 0 Å². The van der Waals surface area contributed by atoms with Crippen molar-refractivity contribution in [2.75, 3.05) is 0 Å². The Morgan fingerprint density at radius 2 is 1.90 bits per heavy atom. The van der Waals surface area contributed by atoms with Crippen LogP contribution in [0.1, 0.15) is 11.1 Å². The van der Waals surface area contributed by atoms with Crippen LogP contribution in [-0.4, -0.2) is 21.8 Å². The number of halogens is 3. The fourth-order valence-electron chi connectivity index (χ4n) is 1.71. The zero-order valence-corrected chi connectivity index (χ0v) is 9.94. The first-order chi connectivity index (χ1) is 9.27. The largest absolute Gasteiger partial charge is 0.475 e. The van der Waals surface area contributed by atoms with Crippen molar-refractivity contribution in [2.24, 2.45) is 0 Å². The quantitative estimate of drug-likeness (QED) is 0.879. The van der Waals surface area contributed by atoms with E-state index in [1.807, 2.05) is 0 Å². The Morgan fingerprint density at radius 1 is 1.20 bits per heavy atom. The van der Waals surface area contributed by atoms with Gasteiger partial charge in [0.15, 0.2) is 0 Å². The van der Waals surface area contributed by atoms with Gasteiger partial charge in [-0.3, -0.25) is 9.78 Å². The molecule has 20 heavy (non-hydrogen) atoms. The molecule has 1 heterocycles. The third kappa shape index (κ3) is 2.93. The maximum Gasteiger partial charge on any atom is 0.416 e. The zero-order chi connectivity index (χ0) is 14.9. The lowest BCUT2D eigenvalue weighted by atomic mass is 10.1. The number of rotatable bonds is 3. The van der Waals surface area contributed by atoms with Gasteiger partial charge in [-0.25, -0.2) is 4.79 Å². The van der Waals surface area contributed by atoms with Crippen LogP contribution >= 0.6 is 0 Å². The Hall–Kier alpha value is -2.44. The van der Waals surface area contributed by atoms with Crippen molar-refractivity contribution in [2.45, 2.75) is 12.6 Å². The van der Waals surface area contributed by atoms with Crippen molar-refractivity contribution < 1.29 is 27.9 Å². The first-order valence-electron chi connectivity index (χ1n) is 5.49. The minimum Gasteiger partial charge on any atom is -0.475 e. The van der Waals surface area contributed by atoms with Crippen molar-refractivity contribution in [3.63, 3.8) is 0 Å². The second kappa shape index (κ2) is 4.92. The maximum absolute atomic E-state index is 12.6. The summed E-state index contributed by atoms with van der Waals surface area (Å²) in [6.45, 7) is 0. The summed E-state index contributed by atoms with van der Waals surface area (Å²) in [5, 5.41) is 8.69. The van der Waals surface area contributed by atoms with E-state index in [2.05, 4.69) is 4.98 Å². The van der Waals surface area contributed by atoms with E-state index < -0.39 is 29.9 Å². The number of benzene rings is 1.